The van der Waals surface area contributed by atoms with Gasteiger partial charge < -0.3 is 4.57 Å². The van der Waals surface area contributed by atoms with Crippen molar-refractivity contribution in [2.75, 3.05) is 0 Å². The maximum absolute atomic E-state index is 12.4. The number of hydrogen-bond donors (Lipinski definition) is 0. The molecule has 0 amide bonds. The molecule has 0 bridgehead atoms. The second kappa shape index (κ2) is 5.64. The molecule has 0 aliphatic heterocycles. The highest BCUT2D eigenvalue weighted by Crippen LogP contribution is 2.39. The van der Waals surface area contributed by atoms with Gasteiger partial charge in [0.25, 0.3) is 0 Å². The van der Waals surface area contributed by atoms with Crippen molar-refractivity contribution in [3.05, 3.63) is 41.2 Å². The lowest BCUT2D eigenvalue weighted by Crippen LogP contribution is -2.14. The Morgan fingerprint density at radius 1 is 1.29 bits per heavy atom. The summed E-state index contributed by atoms with van der Waals surface area (Å²) in [7, 11) is 1.99. The van der Waals surface area contributed by atoms with Gasteiger partial charge in [0.05, 0.1) is 5.25 Å². The van der Waals surface area contributed by atoms with E-state index in [-0.39, 0.29) is 11.0 Å². The molecule has 1 aromatic heterocycles. The molecule has 1 saturated carbocycles. The summed E-state index contributed by atoms with van der Waals surface area (Å²) in [5, 5.41) is 9.15. The van der Waals surface area contributed by atoms with E-state index in [1.807, 2.05) is 49.7 Å². The van der Waals surface area contributed by atoms with Crippen LogP contribution < -0.4 is 0 Å². The van der Waals surface area contributed by atoms with E-state index in [1.165, 1.54) is 24.6 Å². The van der Waals surface area contributed by atoms with Gasteiger partial charge in [-0.1, -0.05) is 41.6 Å². The molecular weight excluding hydrogens is 282 g/mol. The number of hydrogen-bond acceptors (Lipinski definition) is 4. The van der Waals surface area contributed by atoms with Gasteiger partial charge in [-0.05, 0) is 26.7 Å². The minimum atomic E-state index is -0.164. The number of rotatable bonds is 5. The quantitative estimate of drug-likeness (QED) is 0.627. The number of aromatic nitrogens is 3. The van der Waals surface area contributed by atoms with E-state index in [2.05, 4.69) is 10.2 Å². The molecule has 1 fully saturated rings. The maximum Gasteiger partial charge on any atom is 0.191 e. The first-order valence-electron chi connectivity index (χ1n) is 7.23. The number of carbonyl (C=O) groups excluding carboxylic acids is 1. The van der Waals surface area contributed by atoms with Gasteiger partial charge in [-0.3, -0.25) is 4.79 Å². The SMILES string of the molecule is Cc1ccc(C(=O)[C@H](C)Sc2nnc(C3CC3)n2C)cc1. The summed E-state index contributed by atoms with van der Waals surface area (Å²) < 4.78 is 2.03. The van der Waals surface area contributed by atoms with Crippen molar-refractivity contribution in [3.63, 3.8) is 0 Å². The summed E-state index contributed by atoms with van der Waals surface area (Å²) in [5.41, 5.74) is 1.92. The van der Waals surface area contributed by atoms with E-state index >= 15 is 0 Å². The lowest BCUT2D eigenvalue weighted by molar-refractivity contribution is 0.0994. The first-order valence-corrected chi connectivity index (χ1v) is 8.11. The van der Waals surface area contributed by atoms with Crippen molar-refractivity contribution < 1.29 is 4.79 Å². The van der Waals surface area contributed by atoms with Crippen molar-refractivity contribution in [2.45, 2.75) is 43.0 Å². The molecule has 0 N–H and O–H groups in total. The molecule has 3 rings (SSSR count). The van der Waals surface area contributed by atoms with E-state index in [0.717, 1.165) is 22.1 Å². The zero-order chi connectivity index (χ0) is 15.0. The van der Waals surface area contributed by atoms with Crippen LogP contribution in [0.4, 0.5) is 0 Å². The Hall–Kier alpha value is -1.62. The van der Waals surface area contributed by atoms with Crippen molar-refractivity contribution in [1.82, 2.24) is 14.8 Å². The Bertz CT molecular complexity index is 659. The topological polar surface area (TPSA) is 47.8 Å². The third-order valence-electron chi connectivity index (χ3n) is 3.80. The number of Topliss-reactive ketones (excluding diaryl/α,β-unsaturated/α-hetero) is 1. The average molecular weight is 301 g/mol. The number of nitrogens with zero attached hydrogens (tertiary/aromatic N) is 3. The third-order valence-corrected chi connectivity index (χ3v) is 4.93. The summed E-state index contributed by atoms with van der Waals surface area (Å²) in [4.78, 5) is 12.4. The molecule has 1 aliphatic carbocycles. The highest BCUT2D eigenvalue weighted by molar-refractivity contribution is 8.00. The zero-order valence-electron chi connectivity index (χ0n) is 12.5. The molecule has 1 heterocycles. The van der Waals surface area contributed by atoms with Crippen LogP contribution in [0.2, 0.25) is 0 Å². The van der Waals surface area contributed by atoms with Crippen LogP contribution in [0.1, 0.15) is 47.4 Å². The normalized spacial score (nSPS) is 16.0. The summed E-state index contributed by atoms with van der Waals surface area (Å²) in [5.74, 6) is 1.75. The summed E-state index contributed by atoms with van der Waals surface area (Å²) in [6.45, 7) is 3.95. The number of aryl methyl sites for hydroxylation is 1. The summed E-state index contributed by atoms with van der Waals surface area (Å²) in [6, 6.07) is 7.72. The third kappa shape index (κ3) is 3.02. The highest BCUT2D eigenvalue weighted by Gasteiger charge is 2.30. The smallest absolute Gasteiger partial charge is 0.191 e. The first kappa shape index (κ1) is 14.3. The molecule has 1 aromatic carbocycles. The second-order valence-corrected chi connectivity index (χ2v) is 6.97. The summed E-state index contributed by atoms with van der Waals surface area (Å²) in [6.07, 6.45) is 2.41. The molecule has 0 unspecified atom stereocenters. The summed E-state index contributed by atoms with van der Waals surface area (Å²) >= 11 is 1.48. The molecule has 21 heavy (non-hydrogen) atoms. The Morgan fingerprint density at radius 3 is 2.57 bits per heavy atom. The lowest BCUT2D eigenvalue weighted by Gasteiger charge is -2.10. The number of ketones is 1. The van der Waals surface area contributed by atoms with E-state index in [0.29, 0.717) is 5.92 Å². The molecule has 4 nitrogen and oxygen atoms in total. The van der Waals surface area contributed by atoms with Crippen LogP contribution in [0.25, 0.3) is 0 Å². The molecule has 0 spiro atoms. The van der Waals surface area contributed by atoms with Gasteiger partial charge in [0.2, 0.25) is 0 Å². The van der Waals surface area contributed by atoms with Crippen LogP contribution in [0.15, 0.2) is 29.4 Å². The maximum atomic E-state index is 12.4. The van der Waals surface area contributed by atoms with E-state index in [4.69, 9.17) is 0 Å². The molecule has 0 saturated heterocycles. The molecule has 0 radical (unpaired) electrons. The van der Waals surface area contributed by atoms with Gasteiger partial charge in [0.1, 0.15) is 5.82 Å². The van der Waals surface area contributed by atoms with E-state index in [9.17, 15) is 4.79 Å². The van der Waals surface area contributed by atoms with Crippen molar-refractivity contribution in [3.8, 4) is 0 Å². The minimum absolute atomic E-state index is 0.135. The Balaban J connectivity index is 1.72. The van der Waals surface area contributed by atoms with Crippen LogP contribution in [0.5, 0.6) is 0 Å². The predicted octanol–water partition coefficient (Wildman–Crippen LogP) is 3.36. The molecule has 110 valence electrons. The first-order chi connectivity index (χ1) is 10.1. The largest absolute Gasteiger partial charge is 0.309 e. The highest BCUT2D eigenvalue weighted by atomic mass is 32.2. The lowest BCUT2D eigenvalue weighted by atomic mass is 10.1. The van der Waals surface area contributed by atoms with Crippen LogP contribution in [-0.2, 0) is 7.05 Å². The predicted molar refractivity (Wildman–Crippen MR) is 83.8 cm³/mol. The number of benzene rings is 1. The Kier molecular flexibility index (Phi) is 3.85. The minimum Gasteiger partial charge on any atom is -0.309 e. The fourth-order valence-electron chi connectivity index (χ4n) is 2.29. The van der Waals surface area contributed by atoms with Crippen LogP contribution in [0.3, 0.4) is 0 Å². The van der Waals surface area contributed by atoms with Gasteiger partial charge in [0, 0.05) is 18.5 Å². The zero-order valence-corrected chi connectivity index (χ0v) is 13.4. The van der Waals surface area contributed by atoms with Crippen LogP contribution in [0, 0.1) is 6.92 Å². The Morgan fingerprint density at radius 2 is 1.95 bits per heavy atom. The fraction of sp³-hybridized carbons (Fsp3) is 0.438. The van der Waals surface area contributed by atoms with Crippen molar-refractivity contribution in [2.24, 2.45) is 7.05 Å². The van der Waals surface area contributed by atoms with Gasteiger partial charge in [-0.15, -0.1) is 10.2 Å². The standard InChI is InChI=1S/C16H19N3OS/c1-10-4-6-12(7-5-10)14(20)11(2)21-16-18-17-15(19(16)3)13-8-9-13/h4-7,11,13H,8-9H2,1-3H3/t11-/m0/s1. The van der Waals surface area contributed by atoms with Crippen molar-refractivity contribution in [1.29, 1.82) is 0 Å². The van der Waals surface area contributed by atoms with Gasteiger partial charge in [0.15, 0.2) is 10.9 Å². The average Bonchev–Trinajstić information content (AvgIpc) is 3.25. The molecule has 2 aromatic rings. The van der Waals surface area contributed by atoms with Crippen LogP contribution in [-0.4, -0.2) is 25.8 Å². The monoisotopic (exact) mass is 301 g/mol. The number of carbonyl (C=O) groups is 1. The molecule has 5 heteroatoms. The second-order valence-electron chi connectivity index (χ2n) is 5.66. The molecular formula is C16H19N3OS. The van der Waals surface area contributed by atoms with Crippen molar-refractivity contribution >= 4 is 17.5 Å². The molecule has 1 aliphatic rings. The van der Waals surface area contributed by atoms with Gasteiger partial charge in [-0.2, -0.15) is 0 Å². The van der Waals surface area contributed by atoms with Gasteiger partial charge >= 0.3 is 0 Å². The van der Waals surface area contributed by atoms with E-state index in [1.54, 1.807) is 0 Å². The van der Waals surface area contributed by atoms with E-state index < -0.39 is 0 Å². The fourth-order valence-corrected chi connectivity index (χ4v) is 3.19. The van der Waals surface area contributed by atoms with Gasteiger partial charge in [-0.25, -0.2) is 0 Å². The van der Waals surface area contributed by atoms with Crippen LogP contribution >= 0.6 is 11.8 Å². The number of thioether (sulfide) groups is 1. The Labute approximate surface area is 129 Å². The molecule has 1 atom stereocenters.